The highest BCUT2D eigenvalue weighted by Gasteiger charge is 2.22. The van der Waals surface area contributed by atoms with Gasteiger partial charge in [0.1, 0.15) is 5.82 Å². The van der Waals surface area contributed by atoms with Crippen molar-refractivity contribution in [3.8, 4) is 0 Å². The van der Waals surface area contributed by atoms with Crippen molar-refractivity contribution in [2.24, 2.45) is 0 Å². The third-order valence-corrected chi connectivity index (χ3v) is 2.53. The van der Waals surface area contributed by atoms with Crippen molar-refractivity contribution in [3.05, 3.63) is 41.0 Å². The SMILES string of the molecule is Fc1cc(Cl)ccc1C1[CH]CC1. The van der Waals surface area contributed by atoms with E-state index >= 15 is 0 Å². The average molecular weight is 184 g/mol. The summed E-state index contributed by atoms with van der Waals surface area (Å²) in [5, 5.41) is 0.468. The molecule has 1 aliphatic carbocycles. The summed E-state index contributed by atoms with van der Waals surface area (Å²) in [6, 6.07) is 4.90. The zero-order chi connectivity index (χ0) is 8.55. The minimum absolute atomic E-state index is 0.177. The van der Waals surface area contributed by atoms with Gasteiger partial charge in [-0.05, 0) is 42.9 Å². The van der Waals surface area contributed by atoms with E-state index in [4.69, 9.17) is 11.6 Å². The minimum Gasteiger partial charge on any atom is -0.207 e. The van der Waals surface area contributed by atoms with Crippen LogP contribution >= 0.6 is 11.6 Å². The Morgan fingerprint density at radius 1 is 1.42 bits per heavy atom. The van der Waals surface area contributed by atoms with Crippen LogP contribution in [0.3, 0.4) is 0 Å². The average Bonchev–Trinajstić information content (AvgIpc) is 1.91. The summed E-state index contributed by atoms with van der Waals surface area (Å²) in [6.45, 7) is 0. The van der Waals surface area contributed by atoms with Crippen molar-refractivity contribution >= 4 is 11.6 Å². The summed E-state index contributed by atoms with van der Waals surface area (Å²) in [7, 11) is 0. The molecule has 0 aliphatic heterocycles. The van der Waals surface area contributed by atoms with Crippen molar-refractivity contribution in [1.82, 2.24) is 0 Å². The molecule has 0 heterocycles. The van der Waals surface area contributed by atoms with Crippen LogP contribution in [-0.2, 0) is 0 Å². The van der Waals surface area contributed by atoms with Gasteiger partial charge in [0.15, 0.2) is 0 Å². The second-order valence-electron chi connectivity index (χ2n) is 3.09. The summed E-state index contributed by atoms with van der Waals surface area (Å²) in [5.74, 6) is 0.144. The lowest BCUT2D eigenvalue weighted by Gasteiger charge is -2.25. The zero-order valence-corrected chi connectivity index (χ0v) is 7.31. The second-order valence-corrected chi connectivity index (χ2v) is 3.52. The topological polar surface area (TPSA) is 0 Å². The first-order valence-electron chi connectivity index (χ1n) is 4.05. The molecule has 1 fully saturated rings. The summed E-state index contributed by atoms with van der Waals surface area (Å²) in [6.07, 6.45) is 4.30. The fraction of sp³-hybridized carbons (Fsp3) is 0.300. The maximum Gasteiger partial charge on any atom is 0.128 e. The molecule has 0 aromatic heterocycles. The predicted octanol–water partition coefficient (Wildman–Crippen LogP) is 3.56. The molecule has 0 bridgehead atoms. The van der Waals surface area contributed by atoms with Crippen LogP contribution in [0.5, 0.6) is 0 Å². The monoisotopic (exact) mass is 183 g/mol. The van der Waals surface area contributed by atoms with Gasteiger partial charge in [-0.15, -0.1) is 0 Å². The lowest BCUT2D eigenvalue weighted by atomic mass is 9.80. The van der Waals surface area contributed by atoms with Crippen molar-refractivity contribution in [2.75, 3.05) is 0 Å². The van der Waals surface area contributed by atoms with Crippen LogP contribution < -0.4 is 0 Å². The summed E-state index contributed by atoms with van der Waals surface area (Å²) in [4.78, 5) is 0. The molecule has 0 N–H and O–H groups in total. The fourth-order valence-electron chi connectivity index (χ4n) is 1.42. The van der Waals surface area contributed by atoms with E-state index in [1.165, 1.54) is 6.07 Å². The molecule has 1 radical (unpaired) electrons. The minimum atomic E-state index is -0.177. The summed E-state index contributed by atoms with van der Waals surface area (Å²) < 4.78 is 13.2. The zero-order valence-electron chi connectivity index (χ0n) is 6.56. The quantitative estimate of drug-likeness (QED) is 0.625. The van der Waals surface area contributed by atoms with E-state index in [2.05, 4.69) is 6.42 Å². The van der Waals surface area contributed by atoms with E-state index < -0.39 is 0 Å². The van der Waals surface area contributed by atoms with Gasteiger partial charge in [0, 0.05) is 5.02 Å². The van der Waals surface area contributed by atoms with Crippen LogP contribution in [0.2, 0.25) is 5.02 Å². The van der Waals surface area contributed by atoms with Crippen molar-refractivity contribution < 1.29 is 4.39 Å². The third-order valence-electron chi connectivity index (χ3n) is 2.29. The Hall–Kier alpha value is -0.560. The van der Waals surface area contributed by atoms with Gasteiger partial charge in [-0.1, -0.05) is 17.7 Å². The number of rotatable bonds is 1. The molecule has 1 unspecified atom stereocenters. The normalized spacial score (nSPS) is 17.5. The van der Waals surface area contributed by atoms with Gasteiger partial charge < -0.3 is 0 Å². The Morgan fingerprint density at radius 2 is 2.17 bits per heavy atom. The second kappa shape index (κ2) is 3.06. The maximum atomic E-state index is 13.2. The highest BCUT2D eigenvalue weighted by Crippen LogP contribution is 2.36. The first-order valence-corrected chi connectivity index (χ1v) is 4.43. The van der Waals surface area contributed by atoms with E-state index in [9.17, 15) is 4.39 Å². The molecule has 2 rings (SSSR count). The van der Waals surface area contributed by atoms with Crippen LogP contribution in [0, 0.1) is 12.2 Å². The molecule has 1 aromatic carbocycles. The smallest absolute Gasteiger partial charge is 0.128 e. The van der Waals surface area contributed by atoms with Crippen LogP contribution in [0.1, 0.15) is 24.3 Å². The molecule has 1 saturated carbocycles. The van der Waals surface area contributed by atoms with Crippen molar-refractivity contribution in [2.45, 2.75) is 18.8 Å². The lowest BCUT2D eigenvalue weighted by Crippen LogP contribution is -2.11. The molecule has 12 heavy (non-hydrogen) atoms. The number of hydrogen-bond acceptors (Lipinski definition) is 0. The van der Waals surface area contributed by atoms with Crippen LogP contribution in [-0.4, -0.2) is 0 Å². The number of hydrogen-bond donors (Lipinski definition) is 0. The molecular formula is C10H9ClF. The molecule has 0 saturated heterocycles. The Bertz CT molecular complexity index is 292. The summed E-state index contributed by atoms with van der Waals surface area (Å²) in [5.41, 5.74) is 0.783. The molecule has 1 aromatic rings. The van der Waals surface area contributed by atoms with Gasteiger partial charge in [0.2, 0.25) is 0 Å². The Kier molecular flexibility index (Phi) is 2.05. The lowest BCUT2D eigenvalue weighted by molar-refractivity contribution is 0.514. The van der Waals surface area contributed by atoms with Gasteiger partial charge in [0.05, 0.1) is 0 Å². The van der Waals surface area contributed by atoms with Crippen LogP contribution in [0.25, 0.3) is 0 Å². The van der Waals surface area contributed by atoms with Crippen molar-refractivity contribution in [1.29, 1.82) is 0 Å². The molecule has 1 aliphatic rings. The first-order chi connectivity index (χ1) is 5.77. The fourth-order valence-corrected chi connectivity index (χ4v) is 1.58. The molecule has 63 valence electrons. The van der Waals surface area contributed by atoms with Crippen LogP contribution in [0.15, 0.2) is 18.2 Å². The maximum absolute atomic E-state index is 13.2. The predicted molar refractivity (Wildman–Crippen MR) is 47.7 cm³/mol. The Balaban J connectivity index is 2.31. The van der Waals surface area contributed by atoms with Gasteiger partial charge >= 0.3 is 0 Å². The molecule has 0 nitrogen and oxygen atoms in total. The molecular weight excluding hydrogens is 175 g/mol. The van der Waals surface area contributed by atoms with Crippen molar-refractivity contribution in [3.63, 3.8) is 0 Å². The van der Waals surface area contributed by atoms with E-state index in [0.29, 0.717) is 10.9 Å². The van der Waals surface area contributed by atoms with Crippen LogP contribution in [0.4, 0.5) is 4.39 Å². The number of benzene rings is 1. The Morgan fingerprint density at radius 3 is 2.67 bits per heavy atom. The molecule has 0 amide bonds. The van der Waals surface area contributed by atoms with Gasteiger partial charge in [-0.2, -0.15) is 0 Å². The van der Waals surface area contributed by atoms with Gasteiger partial charge in [-0.25, -0.2) is 4.39 Å². The molecule has 2 heteroatoms. The standard InChI is InChI=1S/C10H9ClF/c11-8-4-5-9(10(12)6-8)7-2-1-3-7/h2,4-7H,1,3H2. The van der Waals surface area contributed by atoms with E-state index in [0.717, 1.165) is 18.4 Å². The third kappa shape index (κ3) is 1.34. The molecule has 0 spiro atoms. The van der Waals surface area contributed by atoms with Gasteiger partial charge in [0.25, 0.3) is 0 Å². The highest BCUT2D eigenvalue weighted by atomic mass is 35.5. The number of halogens is 2. The molecule has 1 atom stereocenters. The van der Waals surface area contributed by atoms with E-state index in [1.54, 1.807) is 12.1 Å². The first kappa shape index (κ1) is 8.06. The largest absolute Gasteiger partial charge is 0.207 e. The Labute approximate surface area is 76.4 Å². The van der Waals surface area contributed by atoms with E-state index in [-0.39, 0.29) is 5.82 Å². The summed E-state index contributed by atoms with van der Waals surface area (Å²) >= 11 is 5.63. The van der Waals surface area contributed by atoms with Gasteiger partial charge in [-0.3, -0.25) is 0 Å². The van der Waals surface area contributed by atoms with E-state index in [1.807, 2.05) is 0 Å². The highest BCUT2D eigenvalue weighted by molar-refractivity contribution is 6.30.